The van der Waals surface area contributed by atoms with Gasteiger partial charge < -0.3 is 9.47 Å². The van der Waals surface area contributed by atoms with Crippen LogP contribution in [0.1, 0.15) is 21.6 Å². The summed E-state index contributed by atoms with van der Waals surface area (Å²) >= 11 is 0. The highest BCUT2D eigenvalue weighted by Gasteiger charge is 2.04. The maximum absolute atomic E-state index is 11.3. The van der Waals surface area contributed by atoms with Gasteiger partial charge in [0.2, 0.25) is 0 Å². The van der Waals surface area contributed by atoms with Crippen molar-refractivity contribution in [1.82, 2.24) is 4.98 Å². The van der Waals surface area contributed by atoms with Crippen LogP contribution < -0.4 is 4.74 Å². The molecule has 4 nitrogen and oxygen atoms in total. The van der Waals surface area contributed by atoms with E-state index in [2.05, 4.69) is 9.72 Å². The number of ether oxygens (including phenoxy) is 2. The van der Waals surface area contributed by atoms with Gasteiger partial charge in [-0.2, -0.15) is 0 Å². The molecule has 0 fully saturated rings. The van der Waals surface area contributed by atoms with Gasteiger partial charge in [0.25, 0.3) is 0 Å². The summed E-state index contributed by atoms with van der Waals surface area (Å²) in [6.45, 7) is 0. The molecule has 0 unspecified atom stereocenters. The van der Waals surface area contributed by atoms with Crippen molar-refractivity contribution in [2.75, 3.05) is 14.2 Å². The number of benzene rings is 1. The van der Waals surface area contributed by atoms with Gasteiger partial charge in [0.05, 0.1) is 25.5 Å². The van der Waals surface area contributed by atoms with Crippen LogP contribution in [0.15, 0.2) is 42.6 Å². The second-order valence-corrected chi connectivity index (χ2v) is 4.07. The largest absolute Gasteiger partial charge is 0.497 e. The first kappa shape index (κ1) is 13.8. The number of aromatic nitrogens is 1. The molecule has 0 atom stereocenters. The quantitative estimate of drug-likeness (QED) is 0.800. The van der Waals surface area contributed by atoms with Crippen LogP contribution in [0.2, 0.25) is 0 Å². The molecular formula is C16H15NO3. The van der Waals surface area contributed by atoms with Crippen LogP contribution in [0.25, 0.3) is 12.2 Å². The molecule has 0 spiro atoms. The van der Waals surface area contributed by atoms with E-state index < -0.39 is 0 Å². The molecule has 0 aliphatic heterocycles. The molecule has 0 bridgehead atoms. The van der Waals surface area contributed by atoms with Crippen LogP contribution in [0.5, 0.6) is 5.75 Å². The molecule has 1 aromatic heterocycles. The first-order valence-corrected chi connectivity index (χ1v) is 6.09. The third-order valence-electron chi connectivity index (χ3n) is 2.75. The van der Waals surface area contributed by atoms with Gasteiger partial charge in [0.1, 0.15) is 5.75 Å². The second kappa shape index (κ2) is 6.52. The molecule has 0 aliphatic rings. The average Bonchev–Trinajstić information content (AvgIpc) is 2.53. The Morgan fingerprint density at radius 1 is 1.15 bits per heavy atom. The second-order valence-electron chi connectivity index (χ2n) is 4.07. The highest BCUT2D eigenvalue weighted by Crippen LogP contribution is 2.15. The van der Waals surface area contributed by atoms with E-state index in [-0.39, 0.29) is 5.97 Å². The third kappa shape index (κ3) is 3.45. The van der Waals surface area contributed by atoms with Crippen molar-refractivity contribution in [3.05, 3.63) is 59.4 Å². The van der Waals surface area contributed by atoms with E-state index in [1.54, 1.807) is 19.2 Å². The first-order valence-electron chi connectivity index (χ1n) is 6.09. The Morgan fingerprint density at radius 3 is 2.65 bits per heavy atom. The number of esters is 1. The van der Waals surface area contributed by atoms with E-state index in [1.165, 1.54) is 13.3 Å². The number of hydrogen-bond acceptors (Lipinski definition) is 4. The summed E-state index contributed by atoms with van der Waals surface area (Å²) < 4.78 is 9.78. The number of carbonyl (C=O) groups excluding carboxylic acids is 1. The predicted octanol–water partition coefficient (Wildman–Crippen LogP) is 3.05. The van der Waals surface area contributed by atoms with E-state index in [9.17, 15) is 4.79 Å². The highest BCUT2D eigenvalue weighted by molar-refractivity contribution is 5.89. The minimum Gasteiger partial charge on any atom is -0.497 e. The molecule has 1 aromatic carbocycles. The zero-order valence-electron chi connectivity index (χ0n) is 11.4. The molecule has 1 heterocycles. The Hall–Kier alpha value is -2.62. The van der Waals surface area contributed by atoms with Crippen molar-refractivity contribution in [3.63, 3.8) is 0 Å². The number of pyridine rings is 1. The molecule has 0 N–H and O–H groups in total. The lowest BCUT2D eigenvalue weighted by Gasteiger charge is -2.00. The highest BCUT2D eigenvalue weighted by atomic mass is 16.5. The molecular weight excluding hydrogens is 254 g/mol. The zero-order valence-corrected chi connectivity index (χ0v) is 11.4. The monoisotopic (exact) mass is 269 g/mol. The molecule has 4 heteroatoms. The lowest BCUT2D eigenvalue weighted by Crippen LogP contribution is -2.01. The minimum atomic E-state index is -0.388. The lowest BCUT2D eigenvalue weighted by atomic mass is 10.2. The Labute approximate surface area is 117 Å². The molecule has 102 valence electrons. The first-order chi connectivity index (χ1) is 9.72. The SMILES string of the molecule is COC(=O)c1ccc(/C=C/c2cccc(OC)c2)nc1. The van der Waals surface area contributed by atoms with Gasteiger partial charge >= 0.3 is 5.97 Å². The number of methoxy groups -OCH3 is 2. The topological polar surface area (TPSA) is 48.4 Å². The maximum Gasteiger partial charge on any atom is 0.339 e. The number of nitrogens with zero attached hydrogens (tertiary/aromatic N) is 1. The van der Waals surface area contributed by atoms with Gasteiger partial charge in [-0.1, -0.05) is 18.2 Å². The fourth-order valence-corrected chi connectivity index (χ4v) is 1.67. The molecule has 0 saturated heterocycles. The standard InChI is InChI=1S/C16H15NO3/c1-19-15-5-3-4-12(10-15)6-8-14-9-7-13(11-17-14)16(18)20-2/h3-11H,1-2H3/b8-6+. The average molecular weight is 269 g/mol. The summed E-state index contributed by atoms with van der Waals surface area (Å²) in [5, 5.41) is 0. The van der Waals surface area contributed by atoms with Crippen LogP contribution in [0.3, 0.4) is 0 Å². The van der Waals surface area contributed by atoms with Crippen molar-refractivity contribution in [2.45, 2.75) is 0 Å². The lowest BCUT2D eigenvalue weighted by molar-refractivity contribution is 0.0600. The van der Waals surface area contributed by atoms with Crippen molar-refractivity contribution in [2.24, 2.45) is 0 Å². The summed E-state index contributed by atoms with van der Waals surface area (Å²) in [5.41, 5.74) is 2.22. The third-order valence-corrected chi connectivity index (χ3v) is 2.75. The normalized spacial score (nSPS) is 10.5. The van der Waals surface area contributed by atoms with Crippen LogP contribution in [-0.2, 0) is 4.74 Å². The van der Waals surface area contributed by atoms with Gasteiger partial charge in [-0.05, 0) is 35.9 Å². The van der Waals surface area contributed by atoms with Crippen molar-refractivity contribution in [1.29, 1.82) is 0 Å². The van der Waals surface area contributed by atoms with Crippen LogP contribution >= 0.6 is 0 Å². The van der Waals surface area contributed by atoms with Gasteiger partial charge in [-0.15, -0.1) is 0 Å². The summed E-state index contributed by atoms with van der Waals surface area (Å²) in [6.07, 6.45) is 5.30. The fraction of sp³-hybridized carbons (Fsp3) is 0.125. The summed E-state index contributed by atoms with van der Waals surface area (Å²) in [7, 11) is 2.98. The van der Waals surface area contributed by atoms with E-state index in [0.29, 0.717) is 5.56 Å². The Morgan fingerprint density at radius 2 is 2.00 bits per heavy atom. The zero-order chi connectivity index (χ0) is 14.4. The van der Waals surface area contributed by atoms with Gasteiger partial charge in [0, 0.05) is 6.20 Å². The molecule has 0 amide bonds. The van der Waals surface area contributed by atoms with Crippen LogP contribution in [-0.4, -0.2) is 25.2 Å². The van der Waals surface area contributed by atoms with Crippen molar-refractivity contribution in [3.8, 4) is 5.75 Å². The van der Waals surface area contributed by atoms with E-state index in [4.69, 9.17) is 4.74 Å². The van der Waals surface area contributed by atoms with E-state index in [1.807, 2.05) is 36.4 Å². The van der Waals surface area contributed by atoms with Crippen LogP contribution in [0, 0.1) is 0 Å². The van der Waals surface area contributed by atoms with E-state index in [0.717, 1.165) is 17.0 Å². The molecule has 0 aliphatic carbocycles. The smallest absolute Gasteiger partial charge is 0.339 e. The molecule has 0 radical (unpaired) electrons. The van der Waals surface area contributed by atoms with Gasteiger partial charge in [-0.3, -0.25) is 4.98 Å². The predicted molar refractivity (Wildman–Crippen MR) is 77.5 cm³/mol. The fourth-order valence-electron chi connectivity index (χ4n) is 1.67. The summed E-state index contributed by atoms with van der Waals surface area (Å²) in [5.74, 6) is 0.418. The van der Waals surface area contributed by atoms with Crippen LogP contribution in [0.4, 0.5) is 0 Å². The maximum atomic E-state index is 11.3. The molecule has 20 heavy (non-hydrogen) atoms. The van der Waals surface area contributed by atoms with Crippen molar-refractivity contribution < 1.29 is 14.3 Å². The Kier molecular flexibility index (Phi) is 4.50. The summed E-state index contributed by atoms with van der Waals surface area (Å²) in [4.78, 5) is 15.5. The number of rotatable bonds is 4. The van der Waals surface area contributed by atoms with E-state index >= 15 is 0 Å². The van der Waals surface area contributed by atoms with Crippen molar-refractivity contribution >= 4 is 18.1 Å². The molecule has 2 rings (SSSR count). The molecule has 2 aromatic rings. The number of carbonyl (C=O) groups is 1. The number of hydrogen-bond donors (Lipinski definition) is 0. The minimum absolute atomic E-state index is 0.388. The Balaban J connectivity index is 2.12. The Bertz CT molecular complexity index is 618. The molecule has 0 saturated carbocycles. The summed E-state index contributed by atoms with van der Waals surface area (Å²) in [6, 6.07) is 11.2. The van der Waals surface area contributed by atoms with Gasteiger partial charge in [0.15, 0.2) is 0 Å². The van der Waals surface area contributed by atoms with Gasteiger partial charge in [-0.25, -0.2) is 4.79 Å².